The summed E-state index contributed by atoms with van der Waals surface area (Å²) in [6.45, 7) is 0.954. The molecule has 3 aromatic carbocycles. The molecular formula is C31H35N3O6. The summed E-state index contributed by atoms with van der Waals surface area (Å²) in [5.41, 5.74) is 7.32. The summed E-state index contributed by atoms with van der Waals surface area (Å²) in [5, 5.41) is 8.94. The van der Waals surface area contributed by atoms with E-state index in [0.717, 1.165) is 16.7 Å². The van der Waals surface area contributed by atoms with E-state index in [1.54, 1.807) is 20.3 Å². The Morgan fingerprint density at radius 2 is 1.75 bits per heavy atom. The third-order valence-electron chi connectivity index (χ3n) is 6.33. The number of rotatable bonds is 14. The molecule has 1 amide bonds. The SMILES string of the molecule is COc1cc(CNNC(=O)[C@]2(C/C=C/c3ccccc3)COC(c3ccc(OCCCO)cc3)=N2)cc(OC)c1. The van der Waals surface area contributed by atoms with Gasteiger partial charge in [0.25, 0.3) is 5.91 Å². The summed E-state index contributed by atoms with van der Waals surface area (Å²) in [6.07, 6.45) is 4.81. The summed E-state index contributed by atoms with van der Waals surface area (Å²) in [7, 11) is 3.18. The molecule has 4 rings (SSSR count). The number of ether oxygens (including phenoxy) is 4. The molecule has 1 atom stereocenters. The van der Waals surface area contributed by atoms with Gasteiger partial charge in [0.1, 0.15) is 23.9 Å². The molecule has 0 aromatic heterocycles. The van der Waals surface area contributed by atoms with Crippen LogP contribution < -0.4 is 25.1 Å². The highest BCUT2D eigenvalue weighted by Crippen LogP contribution is 2.28. The Morgan fingerprint density at radius 3 is 2.42 bits per heavy atom. The number of hydrogen-bond acceptors (Lipinski definition) is 8. The summed E-state index contributed by atoms with van der Waals surface area (Å²) >= 11 is 0. The van der Waals surface area contributed by atoms with E-state index < -0.39 is 5.54 Å². The lowest BCUT2D eigenvalue weighted by Gasteiger charge is -2.22. The molecule has 1 aliphatic rings. The summed E-state index contributed by atoms with van der Waals surface area (Å²) in [4.78, 5) is 18.3. The lowest BCUT2D eigenvalue weighted by Crippen LogP contribution is -2.51. The van der Waals surface area contributed by atoms with Crippen molar-refractivity contribution < 1.29 is 28.8 Å². The molecule has 0 bridgehead atoms. The van der Waals surface area contributed by atoms with E-state index in [-0.39, 0.29) is 19.1 Å². The molecule has 9 nitrogen and oxygen atoms in total. The first-order valence-electron chi connectivity index (χ1n) is 13.1. The van der Waals surface area contributed by atoms with Crippen LogP contribution >= 0.6 is 0 Å². The number of benzene rings is 3. The van der Waals surface area contributed by atoms with E-state index >= 15 is 0 Å². The van der Waals surface area contributed by atoms with Crippen LogP contribution in [-0.2, 0) is 16.1 Å². The number of hydrazine groups is 1. The molecule has 0 aliphatic carbocycles. The molecule has 3 N–H and O–H groups in total. The van der Waals surface area contributed by atoms with Crippen LogP contribution in [0.3, 0.4) is 0 Å². The van der Waals surface area contributed by atoms with Crippen molar-refractivity contribution in [3.8, 4) is 17.2 Å². The fraction of sp³-hybridized carbons (Fsp3) is 0.290. The average Bonchev–Trinajstić information content (AvgIpc) is 3.43. The zero-order valence-electron chi connectivity index (χ0n) is 22.8. The van der Waals surface area contributed by atoms with Gasteiger partial charge in [0.2, 0.25) is 5.90 Å². The zero-order valence-corrected chi connectivity index (χ0v) is 22.8. The van der Waals surface area contributed by atoms with E-state index in [1.807, 2.05) is 78.9 Å². The highest BCUT2D eigenvalue weighted by molar-refractivity contribution is 6.00. The van der Waals surface area contributed by atoms with E-state index in [4.69, 9.17) is 29.0 Å². The number of methoxy groups -OCH3 is 2. The Bertz CT molecular complexity index is 1290. The minimum atomic E-state index is -1.16. The third kappa shape index (κ3) is 7.62. The Morgan fingerprint density at radius 1 is 1.02 bits per heavy atom. The number of carbonyl (C=O) groups excluding carboxylic acids is 1. The zero-order chi connectivity index (χ0) is 28.2. The number of amides is 1. The van der Waals surface area contributed by atoms with Gasteiger partial charge in [-0.2, -0.15) is 0 Å². The van der Waals surface area contributed by atoms with Crippen molar-refractivity contribution in [1.29, 1.82) is 0 Å². The Labute approximate surface area is 234 Å². The second-order valence-electron chi connectivity index (χ2n) is 9.23. The van der Waals surface area contributed by atoms with Crippen LogP contribution in [0.4, 0.5) is 0 Å². The average molecular weight is 546 g/mol. The smallest absolute Gasteiger partial charge is 0.266 e. The van der Waals surface area contributed by atoms with Crippen molar-refractivity contribution in [3.63, 3.8) is 0 Å². The summed E-state index contributed by atoms with van der Waals surface area (Å²) in [6, 6.07) is 22.7. The van der Waals surface area contributed by atoms with Crippen LogP contribution in [0.25, 0.3) is 6.08 Å². The maximum atomic E-state index is 13.5. The number of nitrogens with one attached hydrogen (secondary N) is 2. The number of aliphatic hydroxyl groups excluding tert-OH is 1. The van der Waals surface area contributed by atoms with Crippen molar-refractivity contribution in [2.75, 3.05) is 34.0 Å². The monoisotopic (exact) mass is 545 g/mol. The second kappa shape index (κ2) is 14.2. The first kappa shape index (κ1) is 28.7. The van der Waals surface area contributed by atoms with Gasteiger partial charge in [-0.3, -0.25) is 10.2 Å². The maximum Gasteiger partial charge on any atom is 0.266 e. The van der Waals surface area contributed by atoms with Crippen LogP contribution in [-0.4, -0.2) is 56.5 Å². The van der Waals surface area contributed by atoms with E-state index in [2.05, 4.69) is 10.9 Å². The molecule has 0 unspecified atom stereocenters. The van der Waals surface area contributed by atoms with E-state index in [9.17, 15) is 4.79 Å². The molecule has 0 radical (unpaired) electrons. The molecule has 0 spiro atoms. The maximum absolute atomic E-state index is 13.5. The van der Waals surface area contributed by atoms with Gasteiger partial charge in [0.15, 0.2) is 5.54 Å². The van der Waals surface area contributed by atoms with Crippen molar-refractivity contribution in [1.82, 2.24) is 10.9 Å². The van der Waals surface area contributed by atoms with Gasteiger partial charge in [0.05, 0.1) is 20.8 Å². The molecule has 1 aliphatic heterocycles. The lowest BCUT2D eigenvalue weighted by molar-refractivity contribution is -0.127. The third-order valence-corrected chi connectivity index (χ3v) is 6.33. The van der Waals surface area contributed by atoms with E-state index in [1.165, 1.54) is 0 Å². The molecule has 210 valence electrons. The quantitative estimate of drug-likeness (QED) is 0.208. The highest BCUT2D eigenvalue weighted by atomic mass is 16.5. The molecule has 0 saturated heterocycles. The van der Waals surface area contributed by atoms with Gasteiger partial charge in [-0.25, -0.2) is 10.4 Å². The van der Waals surface area contributed by atoms with Crippen LogP contribution in [0.5, 0.6) is 17.2 Å². The van der Waals surface area contributed by atoms with Crippen molar-refractivity contribution >= 4 is 17.9 Å². The summed E-state index contributed by atoms with van der Waals surface area (Å²) < 4.78 is 22.2. The van der Waals surface area contributed by atoms with Gasteiger partial charge in [0, 0.05) is 37.6 Å². The van der Waals surface area contributed by atoms with Crippen LogP contribution in [0, 0.1) is 0 Å². The van der Waals surface area contributed by atoms with Crippen LogP contribution in [0.2, 0.25) is 0 Å². The fourth-order valence-electron chi connectivity index (χ4n) is 4.12. The van der Waals surface area contributed by atoms with Gasteiger partial charge >= 0.3 is 0 Å². The number of hydrogen-bond donors (Lipinski definition) is 3. The molecule has 40 heavy (non-hydrogen) atoms. The molecule has 0 saturated carbocycles. The molecule has 3 aromatic rings. The fourth-order valence-corrected chi connectivity index (χ4v) is 4.12. The first-order valence-corrected chi connectivity index (χ1v) is 13.1. The largest absolute Gasteiger partial charge is 0.497 e. The minimum Gasteiger partial charge on any atom is -0.497 e. The van der Waals surface area contributed by atoms with Crippen molar-refractivity contribution in [2.24, 2.45) is 4.99 Å². The molecule has 9 heteroatoms. The number of nitrogens with zero attached hydrogens (tertiary/aromatic N) is 1. The molecular weight excluding hydrogens is 510 g/mol. The number of aliphatic hydroxyl groups is 1. The van der Waals surface area contributed by atoms with Crippen molar-refractivity contribution in [3.05, 3.63) is 95.6 Å². The van der Waals surface area contributed by atoms with Crippen molar-refractivity contribution in [2.45, 2.75) is 24.9 Å². The summed E-state index contributed by atoms with van der Waals surface area (Å²) in [5.74, 6) is 2.09. The Balaban J connectivity index is 1.49. The van der Waals surface area contributed by atoms with Crippen LogP contribution in [0.1, 0.15) is 29.5 Å². The van der Waals surface area contributed by atoms with Gasteiger partial charge < -0.3 is 24.1 Å². The van der Waals surface area contributed by atoms with Gasteiger partial charge in [-0.1, -0.05) is 42.5 Å². The predicted octanol–water partition coefficient (Wildman–Crippen LogP) is 3.91. The predicted molar refractivity (Wildman–Crippen MR) is 153 cm³/mol. The van der Waals surface area contributed by atoms with Gasteiger partial charge in [-0.15, -0.1) is 0 Å². The first-order chi connectivity index (χ1) is 19.5. The topological polar surface area (TPSA) is 111 Å². The highest BCUT2D eigenvalue weighted by Gasteiger charge is 2.43. The number of carbonyl (C=O) groups is 1. The molecule has 1 heterocycles. The Hall–Kier alpha value is -4.34. The van der Waals surface area contributed by atoms with Gasteiger partial charge in [-0.05, 0) is 47.5 Å². The van der Waals surface area contributed by atoms with E-state index in [0.29, 0.717) is 49.1 Å². The second-order valence-corrected chi connectivity index (χ2v) is 9.23. The Kier molecular flexibility index (Phi) is 10.1. The lowest BCUT2D eigenvalue weighted by atomic mass is 9.95. The minimum absolute atomic E-state index is 0.0776. The molecule has 0 fully saturated rings. The van der Waals surface area contributed by atoms with Crippen LogP contribution in [0.15, 0.2) is 83.9 Å². The standard InChI is InChI=1S/C31H35N3O6/c1-37-27-18-24(19-28(20-27)38-2)21-32-34-30(36)31(15-6-10-23-8-4-3-5-9-23)22-40-29(33-31)25-11-13-26(14-12-25)39-17-7-16-35/h3-6,8-14,18-20,32,35H,7,15-17,21-22H2,1-2H3,(H,34,36)/b10-6+/t31-/m0/s1. The number of aliphatic imine (C=N–C) groups is 1. The normalized spacial score (nSPS) is 16.3.